The molecule has 0 amide bonds. The molecular formula is C16H28O2S. The highest BCUT2D eigenvalue weighted by atomic mass is 32.2. The molecule has 2 nitrogen and oxygen atoms in total. The Morgan fingerprint density at radius 2 is 1.63 bits per heavy atom. The van der Waals surface area contributed by atoms with Crippen molar-refractivity contribution in [3.8, 4) is 11.8 Å². The summed E-state index contributed by atoms with van der Waals surface area (Å²) in [5.41, 5.74) is 0. The molecule has 0 aromatic rings. The van der Waals surface area contributed by atoms with Crippen LogP contribution in [0.3, 0.4) is 0 Å². The Hall–Kier alpha value is -0.620. The van der Waals surface area contributed by atoms with E-state index in [0.29, 0.717) is 5.75 Å². The van der Waals surface area contributed by atoms with E-state index >= 15 is 0 Å². The predicted molar refractivity (Wildman–Crippen MR) is 84.3 cm³/mol. The van der Waals surface area contributed by atoms with E-state index in [2.05, 4.69) is 23.5 Å². The van der Waals surface area contributed by atoms with Gasteiger partial charge in [0.25, 0.3) is 0 Å². The van der Waals surface area contributed by atoms with Crippen LogP contribution in [0.1, 0.15) is 64.7 Å². The molecule has 0 aromatic heterocycles. The molecule has 0 N–H and O–H groups in total. The van der Waals surface area contributed by atoms with Crippen molar-refractivity contribution in [2.45, 2.75) is 64.7 Å². The molecule has 0 unspecified atom stereocenters. The lowest BCUT2D eigenvalue weighted by Crippen LogP contribution is -2.03. The Kier molecular flexibility index (Phi) is 14.9. The summed E-state index contributed by atoms with van der Waals surface area (Å²) in [6.45, 7) is 2.09. The maximum atomic E-state index is 10.9. The minimum absolute atomic E-state index is 0.115. The van der Waals surface area contributed by atoms with Crippen LogP contribution in [0, 0.1) is 11.8 Å². The van der Waals surface area contributed by atoms with Gasteiger partial charge in [0, 0.05) is 12.8 Å². The zero-order valence-electron chi connectivity index (χ0n) is 12.5. The molecule has 0 fully saturated rings. The molecule has 0 saturated carbocycles. The fourth-order valence-electron chi connectivity index (χ4n) is 1.73. The third kappa shape index (κ3) is 15.3. The zero-order chi connectivity index (χ0) is 14.2. The molecule has 0 rings (SSSR count). The third-order valence-corrected chi connectivity index (χ3v) is 3.86. The van der Waals surface area contributed by atoms with Crippen molar-refractivity contribution >= 4 is 17.7 Å². The first-order chi connectivity index (χ1) is 9.31. The van der Waals surface area contributed by atoms with Gasteiger partial charge >= 0.3 is 5.97 Å². The molecule has 0 aliphatic heterocycles. The topological polar surface area (TPSA) is 26.3 Å². The quantitative estimate of drug-likeness (QED) is 0.319. The van der Waals surface area contributed by atoms with Gasteiger partial charge in [-0.3, -0.25) is 4.79 Å². The molecular weight excluding hydrogens is 256 g/mol. The number of unbranched alkanes of at least 4 members (excludes halogenated alkanes) is 7. The second-order valence-corrected chi connectivity index (χ2v) is 5.67. The first-order valence-corrected chi connectivity index (χ1v) is 8.57. The Morgan fingerprint density at radius 3 is 2.26 bits per heavy atom. The number of ether oxygens (including phenoxy) is 1. The van der Waals surface area contributed by atoms with Crippen molar-refractivity contribution < 1.29 is 9.53 Å². The van der Waals surface area contributed by atoms with Crippen molar-refractivity contribution in [1.29, 1.82) is 0 Å². The van der Waals surface area contributed by atoms with Gasteiger partial charge in [-0.25, -0.2) is 0 Å². The number of hydrogen-bond acceptors (Lipinski definition) is 3. The summed E-state index contributed by atoms with van der Waals surface area (Å²) in [4.78, 5) is 10.9. The summed E-state index contributed by atoms with van der Waals surface area (Å²) in [6.07, 6.45) is 11.1. The number of rotatable bonds is 11. The first kappa shape index (κ1) is 18.4. The van der Waals surface area contributed by atoms with E-state index in [9.17, 15) is 4.79 Å². The second-order valence-electron chi connectivity index (χ2n) is 4.56. The van der Waals surface area contributed by atoms with Crippen LogP contribution in [0.25, 0.3) is 0 Å². The van der Waals surface area contributed by atoms with Gasteiger partial charge in [-0.05, 0) is 18.6 Å². The molecule has 0 bridgehead atoms. The Labute approximate surface area is 123 Å². The number of carbonyl (C=O) groups is 1. The normalized spacial score (nSPS) is 9.79. The fourth-order valence-corrected chi connectivity index (χ4v) is 2.57. The van der Waals surface area contributed by atoms with Gasteiger partial charge in [-0.2, -0.15) is 11.8 Å². The molecule has 0 spiro atoms. The summed E-state index contributed by atoms with van der Waals surface area (Å²) in [5.74, 6) is 7.74. The van der Waals surface area contributed by atoms with Crippen LogP contribution in [-0.4, -0.2) is 24.6 Å². The molecule has 0 saturated heterocycles. The maximum Gasteiger partial charge on any atom is 0.315 e. The average molecular weight is 284 g/mol. The van der Waals surface area contributed by atoms with Crippen molar-refractivity contribution in [1.82, 2.24) is 0 Å². The highest BCUT2D eigenvalue weighted by molar-refractivity contribution is 7.99. The smallest absolute Gasteiger partial charge is 0.315 e. The largest absolute Gasteiger partial charge is 0.468 e. The van der Waals surface area contributed by atoms with Gasteiger partial charge in [-0.1, -0.05) is 39.0 Å². The molecule has 0 atom stereocenters. The lowest BCUT2D eigenvalue weighted by atomic mass is 10.1. The van der Waals surface area contributed by atoms with E-state index in [4.69, 9.17) is 0 Å². The van der Waals surface area contributed by atoms with Crippen molar-refractivity contribution in [2.75, 3.05) is 18.6 Å². The van der Waals surface area contributed by atoms with Gasteiger partial charge in [0.2, 0.25) is 0 Å². The standard InChI is InChI=1S/C16H28O2S/c1-3-4-5-6-7-8-9-10-11-12-13-14-19-15-16(17)18-2/h3,6-15H2,1-2H3. The number of carbonyl (C=O) groups excluding carboxylic acids is 1. The third-order valence-electron chi connectivity index (χ3n) is 2.84. The molecule has 0 heterocycles. The van der Waals surface area contributed by atoms with E-state index < -0.39 is 0 Å². The summed E-state index contributed by atoms with van der Waals surface area (Å²) >= 11 is 1.68. The van der Waals surface area contributed by atoms with Crippen LogP contribution >= 0.6 is 11.8 Å². The van der Waals surface area contributed by atoms with E-state index in [-0.39, 0.29) is 5.97 Å². The average Bonchev–Trinajstić information content (AvgIpc) is 2.43. The lowest BCUT2D eigenvalue weighted by molar-refractivity contribution is -0.137. The second kappa shape index (κ2) is 15.4. The van der Waals surface area contributed by atoms with Crippen LogP contribution in [0.15, 0.2) is 0 Å². The number of thioether (sulfide) groups is 1. The summed E-state index contributed by atoms with van der Waals surface area (Å²) in [6, 6.07) is 0. The predicted octanol–water partition coefficient (Wildman–Crippen LogP) is 4.43. The van der Waals surface area contributed by atoms with E-state index in [1.165, 1.54) is 52.1 Å². The SMILES string of the molecule is CCC#CCCCCCCCCCSCC(=O)OC. The number of methoxy groups -OCH3 is 1. The van der Waals surface area contributed by atoms with Crippen LogP contribution in [0.4, 0.5) is 0 Å². The van der Waals surface area contributed by atoms with Gasteiger partial charge in [0.1, 0.15) is 0 Å². The minimum Gasteiger partial charge on any atom is -0.468 e. The lowest BCUT2D eigenvalue weighted by Gasteiger charge is -2.01. The molecule has 110 valence electrons. The molecule has 0 radical (unpaired) electrons. The molecule has 0 aliphatic rings. The molecule has 0 aromatic carbocycles. The maximum absolute atomic E-state index is 10.9. The Bertz CT molecular complexity index is 266. The fraction of sp³-hybridized carbons (Fsp3) is 0.812. The Morgan fingerprint density at radius 1 is 1.00 bits per heavy atom. The van der Waals surface area contributed by atoms with Crippen molar-refractivity contribution in [3.63, 3.8) is 0 Å². The first-order valence-electron chi connectivity index (χ1n) is 7.41. The van der Waals surface area contributed by atoms with Crippen LogP contribution in [0.2, 0.25) is 0 Å². The summed E-state index contributed by atoms with van der Waals surface area (Å²) < 4.78 is 4.59. The number of hydrogen-bond donors (Lipinski definition) is 0. The zero-order valence-corrected chi connectivity index (χ0v) is 13.3. The van der Waals surface area contributed by atoms with Gasteiger partial charge in [0.15, 0.2) is 0 Å². The van der Waals surface area contributed by atoms with Crippen LogP contribution in [0.5, 0.6) is 0 Å². The highest BCUT2D eigenvalue weighted by Gasteiger charge is 1.99. The number of esters is 1. The minimum atomic E-state index is -0.115. The highest BCUT2D eigenvalue weighted by Crippen LogP contribution is 2.11. The van der Waals surface area contributed by atoms with Crippen molar-refractivity contribution in [2.24, 2.45) is 0 Å². The van der Waals surface area contributed by atoms with Crippen molar-refractivity contribution in [3.05, 3.63) is 0 Å². The van der Waals surface area contributed by atoms with E-state index in [1.807, 2.05) is 0 Å². The summed E-state index contributed by atoms with van der Waals surface area (Å²) in [5, 5.41) is 0. The van der Waals surface area contributed by atoms with Crippen LogP contribution < -0.4 is 0 Å². The van der Waals surface area contributed by atoms with E-state index in [0.717, 1.165) is 18.6 Å². The summed E-state index contributed by atoms with van der Waals surface area (Å²) in [7, 11) is 1.44. The van der Waals surface area contributed by atoms with Gasteiger partial charge in [0.05, 0.1) is 12.9 Å². The molecule has 3 heteroatoms. The molecule has 19 heavy (non-hydrogen) atoms. The van der Waals surface area contributed by atoms with E-state index in [1.54, 1.807) is 11.8 Å². The van der Waals surface area contributed by atoms with Crippen LogP contribution in [-0.2, 0) is 9.53 Å². The van der Waals surface area contributed by atoms with Gasteiger partial charge in [-0.15, -0.1) is 11.8 Å². The van der Waals surface area contributed by atoms with Gasteiger partial charge < -0.3 is 4.74 Å². The molecule has 0 aliphatic carbocycles. The monoisotopic (exact) mass is 284 g/mol. The Balaban J connectivity index is 3.05.